The van der Waals surface area contributed by atoms with Gasteiger partial charge in [0.25, 0.3) is 0 Å². The molecule has 108 valence electrons. The van der Waals surface area contributed by atoms with E-state index in [4.69, 9.17) is 4.74 Å². The van der Waals surface area contributed by atoms with Crippen LogP contribution < -0.4 is 10.1 Å². The van der Waals surface area contributed by atoms with E-state index in [1.807, 2.05) is 38.1 Å². The summed E-state index contributed by atoms with van der Waals surface area (Å²) in [5.41, 5.74) is 3.03. The minimum Gasteiger partial charge on any atom is -0.496 e. The molecule has 2 aromatic heterocycles. The van der Waals surface area contributed by atoms with E-state index in [1.165, 1.54) is 0 Å². The number of anilines is 1. The van der Waals surface area contributed by atoms with E-state index in [0.717, 1.165) is 39.7 Å². The Morgan fingerprint density at radius 1 is 1.19 bits per heavy atom. The topological polar surface area (TPSA) is 62.8 Å². The first-order valence-corrected chi connectivity index (χ1v) is 6.87. The molecule has 3 rings (SSSR count). The van der Waals surface area contributed by atoms with Gasteiger partial charge in [-0.3, -0.25) is 0 Å². The van der Waals surface area contributed by atoms with E-state index in [2.05, 4.69) is 26.3 Å². The van der Waals surface area contributed by atoms with Crippen molar-refractivity contribution in [3.63, 3.8) is 0 Å². The summed E-state index contributed by atoms with van der Waals surface area (Å²) < 4.78 is 5.37. The lowest BCUT2D eigenvalue weighted by Crippen LogP contribution is -2.05. The number of methoxy groups -OCH3 is 1. The Labute approximate surface area is 123 Å². The van der Waals surface area contributed by atoms with Crippen LogP contribution in [0.1, 0.15) is 17.1 Å². The molecule has 0 fully saturated rings. The SMILES string of the molecule is COc1ccccc1CNc1nc(C)nc2[nH]c(C)cc12. The number of benzene rings is 1. The van der Waals surface area contributed by atoms with Crippen LogP contribution in [0.5, 0.6) is 5.75 Å². The molecule has 0 spiro atoms. The molecule has 5 nitrogen and oxygen atoms in total. The first kappa shape index (κ1) is 13.4. The van der Waals surface area contributed by atoms with E-state index in [1.54, 1.807) is 7.11 Å². The zero-order valence-corrected chi connectivity index (χ0v) is 12.4. The molecule has 0 saturated heterocycles. The van der Waals surface area contributed by atoms with Crippen molar-refractivity contribution in [3.05, 3.63) is 47.4 Å². The van der Waals surface area contributed by atoms with Crippen LogP contribution in [-0.2, 0) is 6.54 Å². The summed E-state index contributed by atoms with van der Waals surface area (Å²) >= 11 is 0. The molecule has 0 saturated carbocycles. The van der Waals surface area contributed by atoms with E-state index >= 15 is 0 Å². The van der Waals surface area contributed by atoms with E-state index in [0.29, 0.717) is 6.54 Å². The van der Waals surface area contributed by atoms with Crippen molar-refractivity contribution >= 4 is 16.9 Å². The average molecular weight is 282 g/mol. The summed E-state index contributed by atoms with van der Waals surface area (Å²) in [6, 6.07) is 10.0. The maximum absolute atomic E-state index is 5.37. The number of hydrogen-bond donors (Lipinski definition) is 2. The van der Waals surface area contributed by atoms with E-state index < -0.39 is 0 Å². The Balaban J connectivity index is 1.91. The number of aromatic amines is 1. The molecular weight excluding hydrogens is 264 g/mol. The van der Waals surface area contributed by atoms with Crippen molar-refractivity contribution in [1.82, 2.24) is 15.0 Å². The third-order valence-corrected chi connectivity index (χ3v) is 3.37. The minimum atomic E-state index is 0.653. The average Bonchev–Trinajstić information content (AvgIpc) is 2.85. The molecule has 5 heteroatoms. The molecular formula is C16H18N4O. The molecule has 0 radical (unpaired) electrons. The number of rotatable bonds is 4. The number of para-hydroxylation sites is 1. The van der Waals surface area contributed by atoms with Gasteiger partial charge in [0, 0.05) is 17.8 Å². The summed E-state index contributed by atoms with van der Waals surface area (Å²) in [7, 11) is 1.68. The molecule has 21 heavy (non-hydrogen) atoms. The lowest BCUT2D eigenvalue weighted by Gasteiger charge is -2.10. The third-order valence-electron chi connectivity index (χ3n) is 3.37. The maximum Gasteiger partial charge on any atom is 0.143 e. The second kappa shape index (κ2) is 5.44. The number of hydrogen-bond acceptors (Lipinski definition) is 4. The van der Waals surface area contributed by atoms with Gasteiger partial charge in [0.15, 0.2) is 0 Å². The summed E-state index contributed by atoms with van der Waals surface area (Å²) in [6.45, 7) is 4.56. The molecule has 0 bridgehead atoms. The van der Waals surface area contributed by atoms with Crippen molar-refractivity contribution in [3.8, 4) is 5.75 Å². The van der Waals surface area contributed by atoms with Gasteiger partial charge in [0.2, 0.25) is 0 Å². The van der Waals surface area contributed by atoms with Gasteiger partial charge in [-0.2, -0.15) is 0 Å². The predicted molar refractivity (Wildman–Crippen MR) is 83.7 cm³/mol. The molecule has 0 aliphatic carbocycles. The molecule has 0 unspecified atom stereocenters. The largest absolute Gasteiger partial charge is 0.496 e. The normalized spacial score (nSPS) is 10.8. The molecule has 0 amide bonds. The van der Waals surface area contributed by atoms with Gasteiger partial charge in [-0.05, 0) is 26.0 Å². The summed E-state index contributed by atoms with van der Waals surface area (Å²) in [5, 5.41) is 4.39. The van der Waals surface area contributed by atoms with Gasteiger partial charge in [0.05, 0.1) is 12.5 Å². The highest BCUT2D eigenvalue weighted by molar-refractivity contribution is 5.87. The zero-order valence-electron chi connectivity index (χ0n) is 12.4. The molecule has 0 atom stereocenters. The van der Waals surface area contributed by atoms with Crippen LogP contribution in [0.4, 0.5) is 5.82 Å². The first-order valence-electron chi connectivity index (χ1n) is 6.87. The van der Waals surface area contributed by atoms with Crippen molar-refractivity contribution in [2.45, 2.75) is 20.4 Å². The number of fused-ring (bicyclic) bond motifs is 1. The number of nitrogens with one attached hydrogen (secondary N) is 2. The van der Waals surface area contributed by atoms with Crippen LogP contribution in [0.25, 0.3) is 11.0 Å². The van der Waals surface area contributed by atoms with Crippen molar-refractivity contribution in [2.24, 2.45) is 0 Å². The van der Waals surface area contributed by atoms with Gasteiger partial charge < -0.3 is 15.0 Å². The van der Waals surface area contributed by atoms with Crippen LogP contribution in [0.2, 0.25) is 0 Å². The van der Waals surface area contributed by atoms with Gasteiger partial charge in [-0.1, -0.05) is 18.2 Å². The zero-order chi connectivity index (χ0) is 14.8. The van der Waals surface area contributed by atoms with E-state index in [-0.39, 0.29) is 0 Å². The fraction of sp³-hybridized carbons (Fsp3) is 0.250. The monoisotopic (exact) mass is 282 g/mol. The number of nitrogens with zero attached hydrogens (tertiary/aromatic N) is 2. The van der Waals surface area contributed by atoms with Gasteiger partial charge >= 0.3 is 0 Å². The highest BCUT2D eigenvalue weighted by atomic mass is 16.5. The Morgan fingerprint density at radius 2 is 2.00 bits per heavy atom. The predicted octanol–water partition coefficient (Wildman–Crippen LogP) is 3.20. The van der Waals surface area contributed by atoms with Gasteiger partial charge in [-0.25, -0.2) is 9.97 Å². The molecule has 2 N–H and O–H groups in total. The highest BCUT2D eigenvalue weighted by Crippen LogP contribution is 2.23. The van der Waals surface area contributed by atoms with Crippen molar-refractivity contribution < 1.29 is 4.74 Å². The third kappa shape index (κ3) is 2.67. The minimum absolute atomic E-state index is 0.653. The number of aryl methyl sites for hydroxylation is 2. The molecule has 2 heterocycles. The first-order chi connectivity index (χ1) is 10.2. The second-order valence-corrected chi connectivity index (χ2v) is 5.00. The van der Waals surface area contributed by atoms with Crippen LogP contribution in [-0.4, -0.2) is 22.1 Å². The lowest BCUT2D eigenvalue weighted by atomic mass is 10.2. The summed E-state index contributed by atoms with van der Waals surface area (Å²) in [6.07, 6.45) is 0. The summed E-state index contributed by atoms with van der Waals surface area (Å²) in [4.78, 5) is 12.2. The molecule has 0 aliphatic heterocycles. The van der Waals surface area contributed by atoms with Crippen LogP contribution in [0.3, 0.4) is 0 Å². The highest BCUT2D eigenvalue weighted by Gasteiger charge is 2.09. The van der Waals surface area contributed by atoms with Gasteiger partial charge in [-0.15, -0.1) is 0 Å². The Bertz CT molecular complexity index is 779. The molecule has 3 aromatic rings. The van der Waals surface area contributed by atoms with Crippen LogP contribution >= 0.6 is 0 Å². The Hall–Kier alpha value is -2.56. The smallest absolute Gasteiger partial charge is 0.143 e. The Morgan fingerprint density at radius 3 is 2.81 bits per heavy atom. The number of H-pyrrole nitrogens is 1. The fourth-order valence-corrected chi connectivity index (χ4v) is 2.42. The van der Waals surface area contributed by atoms with Crippen molar-refractivity contribution in [2.75, 3.05) is 12.4 Å². The Kier molecular flexibility index (Phi) is 3.48. The molecule has 1 aromatic carbocycles. The van der Waals surface area contributed by atoms with Crippen LogP contribution in [0.15, 0.2) is 30.3 Å². The van der Waals surface area contributed by atoms with Gasteiger partial charge in [0.1, 0.15) is 23.0 Å². The number of ether oxygens (including phenoxy) is 1. The van der Waals surface area contributed by atoms with Crippen LogP contribution in [0, 0.1) is 13.8 Å². The fourth-order valence-electron chi connectivity index (χ4n) is 2.42. The number of aromatic nitrogens is 3. The standard InChI is InChI=1S/C16H18N4O/c1-10-8-13-15(19-11(2)20-16(13)18-10)17-9-12-6-4-5-7-14(12)21-3/h4-8H,9H2,1-3H3,(H2,17,18,19,20). The quantitative estimate of drug-likeness (QED) is 0.771. The van der Waals surface area contributed by atoms with E-state index in [9.17, 15) is 0 Å². The van der Waals surface area contributed by atoms with Crippen molar-refractivity contribution in [1.29, 1.82) is 0 Å². The second-order valence-electron chi connectivity index (χ2n) is 5.00. The maximum atomic E-state index is 5.37. The summed E-state index contributed by atoms with van der Waals surface area (Å²) in [5.74, 6) is 2.46. The molecule has 0 aliphatic rings. The lowest BCUT2D eigenvalue weighted by molar-refractivity contribution is 0.410.